The highest BCUT2D eigenvalue weighted by Gasteiger charge is 2.57. The number of unbranched alkanes of at least 4 members (excludes halogenated alkanes) is 1. The minimum Gasteiger partial charge on any atom is -0.335 e. The van der Waals surface area contributed by atoms with Crippen molar-refractivity contribution in [3.63, 3.8) is 0 Å². The molecule has 0 radical (unpaired) electrons. The van der Waals surface area contributed by atoms with Gasteiger partial charge < -0.3 is 10.2 Å². The fourth-order valence-corrected chi connectivity index (χ4v) is 5.00. The van der Waals surface area contributed by atoms with Gasteiger partial charge in [-0.25, -0.2) is 0 Å². The maximum Gasteiger partial charge on any atom is 0.223 e. The Morgan fingerprint density at radius 2 is 2.21 bits per heavy atom. The van der Waals surface area contributed by atoms with Gasteiger partial charge in [0, 0.05) is 19.0 Å². The number of hydrogen-bond donors (Lipinski definition) is 1. The number of piperidine rings is 1. The summed E-state index contributed by atoms with van der Waals surface area (Å²) in [5, 5.41) is 7.76. The molecule has 2 heterocycles. The van der Waals surface area contributed by atoms with Gasteiger partial charge in [0.15, 0.2) is 0 Å². The molecule has 24 heavy (non-hydrogen) atoms. The number of rotatable bonds is 8. The van der Waals surface area contributed by atoms with Gasteiger partial charge in [-0.3, -0.25) is 4.79 Å². The first-order valence-corrected chi connectivity index (χ1v) is 11.1. The quantitative estimate of drug-likeness (QED) is 0.678. The normalized spacial score (nSPS) is 21.3. The van der Waals surface area contributed by atoms with Crippen LogP contribution in [0.25, 0.3) is 0 Å². The second-order valence-electron chi connectivity index (χ2n) is 6.94. The van der Waals surface area contributed by atoms with Crippen LogP contribution in [-0.4, -0.2) is 41.9 Å². The summed E-state index contributed by atoms with van der Waals surface area (Å²) in [4.78, 5) is 15.1. The third kappa shape index (κ3) is 4.90. The average molecular weight is 389 g/mol. The Bertz CT molecular complexity index is 503. The zero-order chi connectivity index (χ0) is 16.1. The first kappa shape index (κ1) is 20.1. The molecule has 1 aromatic rings. The molecule has 6 heteroatoms. The number of amides is 1. The van der Waals surface area contributed by atoms with E-state index in [-0.39, 0.29) is 12.4 Å². The topological polar surface area (TPSA) is 32.3 Å². The van der Waals surface area contributed by atoms with Crippen molar-refractivity contribution in [1.29, 1.82) is 0 Å². The molecule has 1 aliphatic heterocycles. The fourth-order valence-electron chi connectivity index (χ4n) is 3.85. The van der Waals surface area contributed by atoms with Crippen LogP contribution in [0.15, 0.2) is 16.8 Å². The molecule has 1 spiro atoms. The Kier molecular flexibility index (Phi) is 7.92. The molecule has 0 aromatic carbocycles. The van der Waals surface area contributed by atoms with Crippen LogP contribution in [0.1, 0.15) is 44.1 Å². The fraction of sp³-hybridized carbons (Fsp3) is 0.722. The summed E-state index contributed by atoms with van der Waals surface area (Å²) >= 11 is 3.60. The van der Waals surface area contributed by atoms with Crippen LogP contribution in [-0.2, 0) is 11.3 Å². The highest BCUT2D eigenvalue weighted by molar-refractivity contribution is 7.98. The molecule has 0 bridgehead atoms. The molecule has 1 saturated heterocycles. The molecule has 2 aliphatic rings. The molecule has 3 rings (SSSR count). The smallest absolute Gasteiger partial charge is 0.223 e. The molecule has 1 N–H and O–H groups in total. The predicted octanol–water partition coefficient (Wildman–Crippen LogP) is 4.17. The van der Waals surface area contributed by atoms with Crippen LogP contribution < -0.4 is 5.32 Å². The van der Waals surface area contributed by atoms with Gasteiger partial charge in [-0.2, -0.15) is 23.1 Å². The van der Waals surface area contributed by atoms with Crippen molar-refractivity contribution >= 4 is 41.4 Å². The zero-order valence-corrected chi connectivity index (χ0v) is 16.9. The molecule has 136 valence electrons. The maximum absolute atomic E-state index is 12.8. The van der Waals surface area contributed by atoms with E-state index in [1.54, 1.807) is 11.3 Å². The summed E-state index contributed by atoms with van der Waals surface area (Å²) in [7, 11) is 0. The number of carbonyl (C=O) groups is 1. The molecule has 1 unspecified atom stereocenters. The van der Waals surface area contributed by atoms with E-state index in [0.29, 0.717) is 17.4 Å². The van der Waals surface area contributed by atoms with Crippen molar-refractivity contribution in [2.24, 2.45) is 5.41 Å². The summed E-state index contributed by atoms with van der Waals surface area (Å²) in [6, 6.07) is 2.65. The Balaban J connectivity index is 0.00000208. The Hall–Kier alpha value is -0.230. The van der Waals surface area contributed by atoms with E-state index in [4.69, 9.17) is 0 Å². The monoisotopic (exact) mass is 388 g/mol. The Morgan fingerprint density at radius 3 is 2.88 bits per heavy atom. The van der Waals surface area contributed by atoms with Crippen LogP contribution in [0.5, 0.6) is 0 Å². The van der Waals surface area contributed by atoms with Crippen LogP contribution in [0.3, 0.4) is 0 Å². The third-order valence-corrected chi connectivity index (χ3v) is 6.79. The second-order valence-corrected chi connectivity index (χ2v) is 8.70. The van der Waals surface area contributed by atoms with E-state index < -0.39 is 0 Å². The van der Waals surface area contributed by atoms with Gasteiger partial charge in [-0.1, -0.05) is 0 Å². The van der Waals surface area contributed by atoms with Crippen LogP contribution in [0.4, 0.5) is 0 Å². The number of thiophene rings is 1. The number of carbonyl (C=O) groups excluding carboxylic acids is 1. The lowest BCUT2D eigenvalue weighted by Crippen LogP contribution is -2.39. The van der Waals surface area contributed by atoms with Crippen molar-refractivity contribution in [3.05, 3.63) is 22.4 Å². The van der Waals surface area contributed by atoms with E-state index in [0.717, 1.165) is 44.6 Å². The first-order chi connectivity index (χ1) is 11.2. The van der Waals surface area contributed by atoms with Crippen LogP contribution >= 0.6 is 35.5 Å². The van der Waals surface area contributed by atoms with Gasteiger partial charge in [0.1, 0.15) is 0 Å². The Morgan fingerprint density at radius 1 is 1.42 bits per heavy atom. The maximum atomic E-state index is 12.8. The number of nitrogens with zero attached hydrogens (tertiary/aromatic N) is 1. The van der Waals surface area contributed by atoms with Crippen molar-refractivity contribution < 1.29 is 4.79 Å². The van der Waals surface area contributed by atoms with Crippen molar-refractivity contribution in [2.45, 2.75) is 51.1 Å². The molecule has 1 atom stereocenters. The van der Waals surface area contributed by atoms with E-state index in [1.165, 1.54) is 24.8 Å². The van der Waals surface area contributed by atoms with Gasteiger partial charge in [0.25, 0.3) is 0 Å². The van der Waals surface area contributed by atoms with Gasteiger partial charge in [-0.15, -0.1) is 12.4 Å². The number of halogens is 1. The largest absolute Gasteiger partial charge is 0.335 e. The standard InChI is InChI=1S/C18H28N2OS2.ClH/c1-22-10-3-2-4-17(21)20(13-15-5-11-23-14-15)16-12-18(16)6-8-19-9-7-18;/h5,11,14,16,19H,2-4,6-10,12-13H2,1H3;1H. The summed E-state index contributed by atoms with van der Waals surface area (Å²) < 4.78 is 0. The number of nitrogens with one attached hydrogen (secondary N) is 1. The molecule has 1 aromatic heterocycles. The first-order valence-electron chi connectivity index (χ1n) is 8.75. The lowest BCUT2D eigenvalue weighted by molar-refractivity contribution is -0.133. The highest BCUT2D eigenvalue weighted by atomic mass is 35.5. The summed E-state index contributed by atoms with van der Waals surface area (Å²) in [5.41, 5.74) is 1.72. The molecule has 2 fully saturated rings. The van der Waals surface area contributed by atoms with E-state index in [9.17, 15) is 4.79 Å². The summed E-state index contributed by atoms with van der Waals surface area (Å²) in [6.07, 6.45) is 8.72. The van der Waals surface area contributed by atoms with Gasteiger partial charge in [0.05, 0.1) is 0 Å². The molecular weight excluding hydrogens is 360 g/mol. The van der Waals surface area contributed by atoms with Crippen molar-refractivity contribution in [2.75, 3.05) is 25.1 Å². The molecule has 1 aliphatic carbocycles. The van der Waals surface area contributed by atoms with Crippen molar-refractivity contribution in [1.82, 2.24) is 10.2 Å². The summed E-state index contributed by atoms with van der Waals surface area (Å²) in [5.74, 6) is 1.54. The minimum absolute atomic E-state index is 0. The van der Waals surface area contributed by atoms with Crippen molar-refractivity contribution in [3.8, 4) is 0 Å². The molecule has 1 saturated carbocycles. The molecule has 1 amide bonds. The lowest BCUT2D eigenvalue weighted by atomic mass is 9.93. The van der Waals surface area contributed by atoms with Gasteiger partial charge >= 0.3 is 0 Å². The number of thioether (sulfide) groups is 1. The lowest BCUT2D eigenvalue weighted by Gasteiger charge is -2.29. The second kappa shape index (κ2) is 9.46. The third-order valence-electron chi connectivity index (χ3n) is 5.36. The highest BCUT2D eigenvalue weighted by Crippen LogP contribution is 2.56. The minimum atomic E-state index is 0. The van der Waals surface area contributed by atoms with Crippen LogP contribution in [0.2, 0.25) is 0 Å². The van der Waals surface area contributed by atoms with E-state index in [2.05, 4.69) is 33.3 Å². The zero-order valence-electron chi connectivity index (χ0n) is 14.5. The average Bonchev–Trinajstić information content (AvgIpc) is 2.99. The number of hydrogen-bond acceptors (Lipinski definition) is 4. The van der Waals surface area contributed by atoms with E-state index in [1.807, 2.05) is 11.8 Å². The van der Waals surface area contributed by atoms with Gasteiger partial charge in [0.2, 0.25) is 5.91 Å². The molecule has 3 nitrogen and oxygen atoms in total. The van der Waals surface area contributed by atoms with Gasteiger partial charge in [-0.05, 0) is 85.0 Å². The predicted molar refractivity (Wildman–Crippen MR) is 107 cm³/mol. The van der Waals surface area contributed by atoms with E-state index >= 15 is 0 Å². The molecular formula is C18H29ClN2OS2. The Labute approximate surface area is 160 Å². The summed E-state index contributed by atoms with van der Waals surface area (Å²) in [6.45, 7) is 3.04. The van der Waals surface area contributed by atoms with Crippen LogP contribution in [0, 0.1) is 5.41 Å². The SMILES string of the molecule is CSCCCCC(=O)N(Cc1ccsc1)C1CC12CCNCC2.Cl.